The summed E-state index contributed by atoms with van der Waals surface area (Å²) in [6.45, 7) is 9.19. The number of fused-ring (bicyclic) bond motifs is 3. The summed E-state index contributed by atoms with van der Waals surface area (Å²) in [7, 11) is 0. The zero-order valence-electron chi connectivity index (χ0n) is 23.7. The molecule has 0 spiro atoms. The topological polar surface area (TPSA) is 0 Å². The lowest BCUT2D eigenvalue weighted by molar-refractivity contribution is 0.397. The lowest BCUT2D eigenvalue weighted by atomic mass is 9.70. The van der Waals surface area contributed by atoms with E-state index >= 15 is 0 Å². The Labute approximate surface area is 218 Å². The summed E-state index contributed by atoms with van der Waals surface area (Å²) in [6, 6.07) is 14.6. The van der Waals surface area contributed by atoms with Crippen molar-refractivity contribution in [2.75, 3.05) is 0 Å². The van der Waals surface area contributed by atoms with E-state index in [4.69, 9.17) is 0 Å². The molecule has 2 aromatic rings. The number of benzene rings is 2. The number of hydrogen-bond donors (Lipinski definition) is 0. The fourth-order valence-corrected chi connectivity index (χ4v) is 6.51. The molecule has 0 saturated heterocycles. The Morgan fingerprint density at radius 2 is 0.800 bits per heavy atom. The molecule has 0 nitrogen and oxygen atoms in total. The van der Waals surface area contributed by atoms with Gasteiger partial charge in [-0.3, -0.25) is 0 Å². The monoisotopic (exact) mass is 474 g/mol. The normalized spacial score (nSPS) is 13.7. The van der Waals surface area contributed by atoms with Crippen LogP contribution in [0.15, 0.2) is 36.4 Å². The van der Waals surface area contributed by atoms with E-state index in [2.05, 4.69) is 64.1 Å². The molecule has 0 saturated carbocycles. The van der Waals surface area contributed by atoms with Crippen LogP contribution in [0.1, 0.15) is 152 Å². The first-order valence-electron chi connectivity index (χ1n) is 15.3. The minimum Gasteiger partial charge on any atom is -0.0654 e. The maximum absolute atomic E-state index is 2.54. The number of aryl methyl sites for hydroxylation is 2. The first-order valence-corrected chi connectivity index (χ1v) is 15.3. The van der Waals surface area contributed by atoms with Crippen LogP contribution in [0.25, 0.3) is 11.1 Å². The van der Waals surface area contributed by atoms with Crippen LogP contribution in [-0.4, -0.2) is 0 Å². The molecule has 0 unspecified atom stereocenters. The van der Waals surface area contributed by atoms with Crippen molar-refractivity contribution in [3.8, 4) is 11.1 Å². The van der Waals surface area contributed by atoms with Crippen molar-refractivity contribution in [1.82, 2.24) is 0 Å². The van der Waals surface area contributed by atoms with Gasteiger partial charge in [0, 0.05) is 5.41 Å². The maximum Gasteiger partial charge on any atom is 0.0215 e. The number of unbranched alkanes of at least 4 members (excludes halogenated alkanes) is 14. The van der Waals surface area contributed by atoms with E-state index in [1.807, 2.05) is 0 Å². The molecule has 0 bridgehead atoms. The zero-order chi connectivity index (χ0) is 24.9. The van der Waals surface area contributed by atoms with E-state index < -0.39 is 0 Å². The van der Waals surface area contributed by atoms with Gasteiger partial charge in [-0.1, -0.05) is 164 Å². The standard InChI is InChI=1S/C35H54/c1-5-7-9-11-13-14-15-16-18-20-26-35(25-19-17-12-10-8-6-2)33-27-29(3)21-23-31(33)32-24-22-30(4)28-34(32)35/h21-24,27-28H,5-20,25-26H2,1-4H3. The van der Waals surface area contributed by atoms with Crippen molar-refractivity contribution in [2.45, 2.75) is 149 Å². The molecule has 194 valence electrons. The Bertz CT molecular complexity index is 822. The zero-order valence-corrected chi connectivity index (χ0v) is 23.7. The van der Waals surface area contributed by atoms with Crippen molar-refractivity contribution in [3.63, 3.8) is 0 Å². The van der Waals surface area contributed by atoms with E-state index in [-0.39, 0.29) is 5.41 Å². The fraction of sp³-hybridized carbons (Fsp3) is 0.657. The molecule has 0 fully saturated rings. The molecule has 0 N–H and O–H groups in total. The van der Waals surface area contributed by atoms with E-state index in [1.165, 1.54) is 138 Å². The highest BCUT2D eigenvalue weighted by Gasteiger charge is 2.42. The summed E-state index contributed by atoms with van der Waals surface area (Å²) in [5.41, 5.74) is 9.39. The molecule has 3 rings (SSSR count). The van der Waals surface area contributed by atoms with Gasteiger partial charge in [0.05, 0.1) is 0 Å². The van der Waals surface area contributed by atoms with Gasteiger partial charge in [0.15, 0.2) is 0 Å². The van der Waals surface area contributed by atoms with Crippen molar-refractivity contribution in [1.29, 1.82) is 0 Å². The molecule has 0 amide bonds. The quantitative estimate of drug-likeness (QED) is 0.188. The van der Waals surface area contributed by atoms with Crippen molar-refractivity contribution in [2.24, 2.45) is 0 Å². The van der Waals surface area contributed by atoms with Gasteiger partial charge in [0.2, 0.25) is 0 Å². The largest absolute Gasteiger partial charge is 0.0654 e. The van der Waals surface area contributed by atoms with Crippen LogP contribution in [0.5, 0.6) is 0 Å². The first kappa shape index (κ1) is 28.0. The van der Waals surface area contributed by atoms with Crippen LogP contribution in [0.4, 0.5) is 0 Å². The van der Waals surface area contributed by atoms with Gasteiger partial charge in [-0.05, 0) is 48.9 Å². The van der Waals surface area contributed by atoms with Crippen LogP contribution < -0.4 is 0 Å². The van der Waals surface area contributed by atoms with Crippen molar-refractivity contribution < 1.29 is 0 Å². The molecule has 0 aliphatic heterocycles. The van der Waals surface area contributed by atoms with Gasteiger partial charge in [-0.2, -0.15) is 0 Å². The van der Waals surface area contributed by atoms with Crippen LogP contribution in [0.3, 0.4) is 0 Å². The lowest BCUT2D eigenvalue weighted by Gasteiger charge is -2.33. The van der Waals surface area contributed by atoms with Gasteiger partial charge < -0.3 is 0 Å². The van der Waals surface area contributed by atoms with Gasteiger partial charge in [0.25, 0.3) is 0 Å². The Balaban J connectivity index is 1.67. The molecule has 1 aliphatic carbocycles. The predicted molar refractivity (Wildman–Crippen MR) is 157 cm³/mol. The highest BCUT2D eigenvalue weighted by Crippen LogP contribution is 2.54. The average Bonchev–Trinajstić information content (AvgIpc) is 3.11. The third-order valence-corrected chi connectivity index (χ3v) is 8.59. The Kier molecular flexibility index (Phi) is 11.9. The van der Waals surface area contributed by atoms with Gasteiger partial charge in [-0.25, -0.2) is 0 Å². The van der Waals surface area contributed by atoms with Gasteiger partial charge in [0.1, 0.15) is 0 Å². The van der Waals surface area contributed by atoms with E-state index in [0.717, 1.165) is 0 Å². The average molecular weight is 475 g/mol. The predicted octanol–water partition coefficient (Wildman–Crippen LogP) is 11.6. The summed E-state index contributed by atoms with van der Waals surface area (Å²) < 4.78 is 0. The second-order valence-electron chi connectivity index (χ2n) is 11.6. The molecule has 0 heterocycles. The molecule has 0 radical (unpaired) electrons. The summed E-state index contributed by atoms with van der Waals surface area (Å²) in [5, 5.41) is 0. The third-order valence-electron chi connectivity index (χ3n) is 8.59. The second kappa shape index (κ2) is 14.9. The summed E-state index contributed by atoms with van der Waals surface area (Å²) >= 11 is 0. The van der Waals surface area contributed by atoms with Crippen molar-refractivity contribution in [3.05, 3.63) is 58.7 Å². The first-order chi connectivity index (χ1) is 17.1. The molecule has 35 heavy (non-hydrogen) atoms. The summed E-state index contributed by atoms with van der Waals surface area (Å²) in [4.78, 5) is 0. The molecule has 0 atom stereocenters. The number of hydrogen-bond acceptors (Lipinski definition) is 0. The van der Waals surface area contributed by atoms with Crippen LogP contribution >= 0.6 is 0 Å². The highest BCUT2D eigenvalue weighted by atomic mass is 14.4. The van der Waals surface area contributed by atoms with Crippen LogP contribution in [-0.2, 0) is 5.41 Å². The third kappa shape index (κ3) is 7.71. The van der Waals surface area contributed by atoms with Gasteiger partial charge >= 0.3 is 0 Å². The van der Waals surface area contributed by atoms with Crippen LogP contribution in [0, 0.1) is 13.8 Å². The van der Waals surface area contributed by atoms with Crippen LogP contribution in [0.2, 0.25) is 0 Å². The molecule has 2 aromatic carbocycles. The molecule has 0 heteroatoms. The Morgan fingerprint density at radius 1 is 0.457 bits per heavy atom. The smallest absolute Gasteiger partial charge is 0.0215 e. The number of rotatable bonds is 18. The SMILES string of the molecule is CCCCCCCCCCCCC1(CCCCCCCC)c2cc(C)ccc2-c2ccc(C)cc21. The van der Waals surface area contributed by atoms with Crippen molar-refractivity contribution >= 4 is 0 Å². The summed E-state index contributed by atoms with van der Waals surface area (Å²) in [5.74, 6) is 0. The lowest BCUT2D eigenvalue weighted by Crippen LogP contribution is -2.25. The maximum atomic E-state index is 2.54. The minimum absolute atomic E-state index is 0.230. The molecule has 1 aliphatic rings. The summed E-state index contributed by atoms with van der Waals surface area (Å²) in [6.07, 6.45) is 25.1. The second-order valence-corrected chi connectivity index (χ2v) is 11.6. The van der Waals surface area contributed by atoms with E-state index in [9.17, 15) is 0 Å². The Morgan fingerprint density at radius 3 is 1.17 bits per heavy atom. The van der Waals surface area contributed by atoms with E-state index in [0.29, 0.717) is 0 Å². The minimum atomic E-state index is 0.230. The molecular formula is C35H54. The molecular weight excluding hydrogens is 420 g/mol. The van der Waals surface area contributed by atoms with E-state index in [1.54, 1.807) is 11.1 Å². The fourth-order valence-electron chi connectivity index (χ4n) is 6.51. The highest BCUT2D eigenvalue weighted by molar-refractivity contribution is 5.81. The molecule has 0 aromatic heterocycles. The van der Waals surface area contributed by atoms with Gasteiger partial charge in [-0.15, -0.1) is 0 Å². The Hall–Kier alpha value is -1.56.